The number of esters is 1. The third-order valence-electron chi connectivity index (χ3n) is 7.93. The normalized spacial score (nSPS) is 19.6. The average molecular weight is 544 g/mol. The number of benzene rings is 2. The van der Waals surface area contributed by atoms with E-state index in [1.165, 1.54) is 35.3 Å². The average Bonchev–Trinajstić information content (AvgIpc) is 3.43. The van der Waals surface area contributed by atoms with Gasteiger partial charge in [0.2, 0.25) is 0 Å². The van der Waals surface area contributed by atoms with E-state index in [9.17, 15) is 9.59 Å². The summed E-state index contributed by atoms with van der Waals surface area (Å²) in [5.41, 5.74) is 5.54. The summed E-state index contributed by atoms with van der Waals surface area (Å²) < 4.78 is 11.2. The lowest BCUT2D eigenvalue weighted by atomic mass is 9.75. The zero-order valence-corrected chi connectivity index (χ0v) is 23.7. The van der Waals surface area contributed by atoms with Gasteiger partial charge in [-0.05, 0) is 66.4 Å². The van der Waals surface area contributed by atoms with Crippen molar-refractivity contribution in [2.45, 2.75) is 52.6 Å². The lowest BCUT2D eigenvalue weighted by Crippen LogP contribution is -2.39. The smallest absolute Gasteiger partial charge is 0.410 e. The third kappa shape index (κ3) is 6.44. The Balaban J connectivity index is 1.48. The molecule has 0 spiro atoms. The first kappa shape index (κ1) is 27.2. The maximum Gasteiger partial charge on any atom is 0.410 e. The van der Waals surface area contributed by atoms with Gasteiger partial charge >= 0.3 is 12.1 Å². The predicted molar refractivity (Wildman–Crippen MR) is 157 cm³/mol. The van der Waals surface area contributed by atoms with Crippen molar-refractivity contribution in [3.63, 3.8) is 0 Å². The number of nitrogens with zero attached hydrogens (tertiary/aromatic N) is 1. The Bertz CT molecular complexity index is 1310. The molecule has 0 radical (unpaired) electrons. The van der Waals surface area contributed by atoms with E-state index in [1.54, 1.807) is 0 Å². The number of hydrogen-bond donors (Lipinski definition) is 0. The van der Waals surface area contributed by atoms with Gasteiger partial charge in [0.15, 0.2) is 0 Å². The number of hydrogen-bond acceptors (Lipinski definition) is 5. The van der Waals surface area contributed by atoms with Gasteiger partial charge < -0.3 is 14.4 Å². The number of amides is 1. The van der Waals surface area contributed by atoms with Crippen molar-refractivity contribution < 1.29 is 19.1 Å². The first-order valence-electron chi connectivity index (χ1n) is 14.1. The number of thiophene rings is 1. The molecule has 2 aromatic carbocycles. The predicted octanol–water partition coefficient (Wildman–Crippen LogP) is 8.21. The van der Waals surface area contributed by atoms with Gasteiger partial charge in [-0.1, -0.05) is 80.4 Å². The van der Waals surface area contributed by atoms with Gasteiger partial charge in [0.1, 0.15) is 11.5 Å². The second kappa shape index (κ2) is 12.6. The van der Waals surface area contributed by atoms with Crippen molar-refractivity contribution >= 4 is 29.0 Å². The molecule has 0 bridgehead atoms. The molecule has 1 saturated carbocycles. The Morgan fingerprint density at radius 1 is 0.949 bits per heavy atom. The molecule has 1 aliphatic heterocycles. The molecule has 1 aromatic heterocycles. The fraction of sp³-hybridized carbons (Fsp3) is 0.394. The van der Waals surface area contributed by atoms with E-state index in [0.717, 1.165) is 40.3 Å². The SMILES string of the molecule is CCOC(=O)c1sc(-c2ccccc2)cc1C1=C(C2CCC(C)CC2)CN(C(=O)OCc2ccccc2)CC1. The van der Waals surface area contributed by atoms with Crippen LogP contribution in [0, 0.1) is 11.8 Å². The van der Waals surface area contributed by atoms with Crippen molar-refractivity contribution in [1.29, 1.82) is 0 Å². The first-order valence-corrected chi connectivity index (χ1v) is 14.9. The van der Waals surface area contributed by atoms with Gasteiger partial charge in [-0.15, -0.1) is 11.3 Å². The van der Waals surface area contributed by atoms with E-state index >= 15 is 0 Å². The van der Waals surface area contributed by atoms with Gasteiger partial charge in [-0.2, -0.15) is 0 Å². The molecule has 5 rings (SSSR count). The minimum absolute atomic E-state index is 0.265. The lowest BCUT2D eigenvalue weighted by Gasteiger charge is -2.36. The molecular formula is C33H37NO4S. The van der Waals surface area contributed by atoms with E-state index in [-0.39, 0.29) is 18.7 Å². The Morgan fingerprint density at radius 2 is 1.64 bits per heavy atom. The molecule has 0 unspecified atom stereocenters. The van der Waals surface area contributed by atoms with Crippen molar-refractivity contribution in [1.82, 2.24) is 4.90 Å². The van der Waals surface area contributed by atoms with Crippen molar-refractivity contribution in [3.8, 4) is 10.4 Å². The van der Waals surface area contributed by atoms with Crippen LogP contribution in [0.2, 0.25) is 0 Å². The Morgan fingerprint density at radius 3 is 2.33 bits per heavy atom. The second-order valence-electron chi connectivity index (χ2n) is 10.6. The molecule has 204 valence electrons. The summed E-state index contributed by atoms with van der Waals surface area (Å²) in [5, 5.41) is 0. The highest BCUT2D eigenvalue weighted by atomic mass is 32.1. The molecule has 0 atom stereocenters. The van der Waals surface area contributed by atoms with Crippen LogP contribution in [0.15, 0.2) is 72.3 Å². The molecule has 6 heteroatoms. The van der Waals surface area contributed by atoms with Gasteiger partial charge in [0, 0.05) is 23.5 Å². The first-order chi connectivity index (χ1) is 19.0. The highest BCUT2D eigenvalue weighted by Gasteiger charge is 2.33. The molecule has 2 heterocycles. The third-order valence-corrected chi connectivity index (χ3v) is 9.09. The summed E-state index contributed by atoms with van der Waals surface area (Å²) >= 11 is 1.50. The summed E-state index contributed by atoms with van der Waals surface area (Å²) in [4.78, 5) is 29.9. The Kier molecular flexibility index (Phi) is 8.82. The zero-order chi connectivity index (χ0) is 27.2. The Labute approximate surface area is 235 Å². The van der Waals surface area contributed by atoms with Crippen LogP contribution in [-0.4, -0.2) is 36.7 Å². The molecule has 2 aliphatic rings. The Hall–Kier alpha value is -3.38. The minimum Gasteiger partial charge on any atom is -0.462 e. The number of carbonyl (C=O) groups excluding carboxylic acids is 2. The van der Waals surface area contributed by atoms with Crippen LogP contribution in [0.5, 0.6) is 0 Å². The van der Waals surface area contributed by atoms with Gasteiger partial charge in [0.05, 0.1) is 6.61 Å². The van der Waals surface area contributed by atoms with Crippen LogP contribution in [-0.2, 0) is 16.1 Å². The minimum atomic E-state index is -0.277. The van der Waals surface area contributed by atoms with Crippen molar-refractivity contribution in [2.75, 3.05) is 19.7 Å². The molecule has 3 aromatic rings. The molecule has 1 amide bonds. The number of rotatable bonds is 7. The maximum absolute atomic E-state index is 13.2. The topological polar surface area (TPSA) is 55.8 Å². The second-order valence-corrected chi connectivity index (χ2v) is 11.7. The quantitative estimate of drug-likeness (QED) is 0.282. The van der Waals surface area contributed by atoms with E-state index < -0.39 is 0 Å². The van der Waals surface area contributed by atoms with E-state index in [4.69, 9.17) is 9.47 Å². The highest BCUT2D eigenvalue weighted by Crippen LogP contribution is 2.44. The summed E-state index contributed by atoms with van der Waals surface area (Å²) in [6, 6.07) is 22.2. The van der Waals surface area contributed by atoms with Gasteiger partial charge in [-0.3, -0.25) is 0 Å². The fourth-order valence-corrected chi connectivity index (χ4v) is 6.84. The summed E-state index contributed by atoms with van der Waals surface area (Å²) in [7, 11) is 0. The van der Waals surface area contributed by atoms with E-state index in [2.05, 4.69) is 25.1 Å². The fourth-order valence-electron chi connectivity index (χ4n) is 5.75. The van der Waals surface area contributed by atoms with E-state index in [1.807, 2.05) is 60.4 Å². The largest absolute Gasteiger partial charge is 0.462 e. The molecular weight excluding hydrogens is 506 g/mol. The summed E-state index contributed by atoms with van der Waals surface area (Å²) in [6.45, 7) is 5.88. The van der Waals surface area contributed by atoms with Gasteiger partial charge in [0.25, 0.3) is 0 Å². The molecule has 0 saturated heterocycles. The van der Waals surface area contributed by atoms with Crippen LogP contribution in [0.4, 0.5) is 4.79 Å². The molecule has 1 fully saturated rings. The highest BCUT2D eigenvalue weighted by molar-refractivity contribution is 7.17. The number of ether oxygens (including phenoxy) is 2. The van der Waals surface area contributed by atoms with Crippen LogP contribution in [0.1, 0.15) is 66.8 Å². The van der Waals surface area contributed by atoms with Gasteiger partial charge in [-0.25, -0.2) is 9.59 Å². The molecule has 39 heavy (non-hydrogen) atoms. The standard InChI is InChI=1S/C33H37NO4S/c1-3-37-32(35)31-28(20-30(39-31)26-12-8-5-9-13-26)27-18-19-34(21-29(27)25-16-14-23(2)15-17-25)33(36)38-22-24-10-6-4-7-11-24/h4-13,20,23,25H,3,14-19,21-22H2,1-2H3. The maximum atomic E-state index is 13.2. The molecule has 1 aliphatic carbocycles. The van der Waals surface area contributed by atoms with Crippen LogP contribution < -0.4 is 0 Å². The van der Waals surface area contributed by atoms with Crippen LogP contribution >= 0.6 is 11.3 Å². The van der Waals surface area contributed by atoms with Crippen molar-refractivity contribution in [3.05, 3.63) is 88.3 Å². The van der Waals surface area contributed by atoms with E-state index in [0.29, 0.717) is 36.9 Å². The van der Waals surface area contributed by atoms with Crippen LogP contribution in [0.25, 0.3) is 16.0 Å². The summed E-state index contributed by atoms with van der Waals surface area (Å²) in [5.74, 6) is 0.853. The van der Waals surface area contributed by atoms with Crippen LogP contribution in [0.3, 0.4) is 0 Å². The van der Waals surface area contributed by atoms with Crippen molar-refractivity contribution in [2.24, 2.45) is 11.8 Å². The lowest BCUT2D eigenvalue weighted by molar-refractivity contribution is 0.0531. The number of carbonyl (C=O) groups is 2. The zero-order valence-electron chi connectivity index (χ0n) is 22.9. The molecule has 0 N–H and O–H groups in total. The molecule has 5 nitrogen and oxygen atoms in total. The summed E-state index contributed by atoms with van der Waals surface area (Å²) in [6.07, 6.45) is 5.00. The monoisotopic (exact) mass is 543 g/mol.